The van der Waals surface area contributed by atoms with E-state index in [0.29, 0.717) is 49.0 Å². The molecule has 0 unspecified atom stereocenters. The Morgan fingerprint density at radius 2 is 1.84 bits per heavy atom. The highest BCUT2D eigenvalue weighted by Gasteiger charge is 2.31. The van der Waals surface area contributed by atoms with Gasteiger partial charge in [0.05, 0.1) is 5.69 Å². The van der Waals surface area contributed by atoms with Crippen molar-refractivity contribution in [3.8, 4) is 17.0 Å². The quantitative estimate of drug-likeness (QED) is 0.418. The number of aliphatic hydroxyl groups excluding tert-OH is 1. The number of halogens is 3. The number of benzene rings is 1. The minimum atomic E-state index is -4.78. The summed E-state index contributed by atoms with van der Waals surface area (Å²) in [5, 5.41) is 15.2. The molecule has 3 rings (SSSR count). The predicted molar refractivity (Wildman–Crippen MR) is 111 cm³/mol. The average molecular weight is 433 g/mol. The molecule has 0 saturated carbocycles. The zero-order chi connectivity index (χ0) is 22.1. The van der Waals surface area contributed by atoms with Crippen molar-refractivity contribution in [2.45, 2.75) is 19.2 Å². The number of anilines is 2. The molecule has 31 heavy (non-hydrogen) atoms. The number of pyridine rings is 1. The molecule has 0 fully saturated rings. The molecule has 2 aromatic heterocycles. The molecule has 0 aliphatic rings. The molecule has 0 radical (unpaired) electrons. The van der Waals surface area contributed by atoms with Crippen molar-refractivity contribution in [1.29, 1.82) is 0 Å². The molecule has 10 heteroatoms. The van der Waals surface area contributed by atoms with Crippen LogP contribution in [0.25, 0.3) is 11.3 Å². The first-order valence-electron chi connectivity index (χ1n) is 9.67. The minimum Gasteiger partial charge on any atom is -0.406 e. The average Bonchev–Trinajstić information content (AvgIpc) is 2.74. The molecule has 0 spiro atoms. The minimum absolute atomic E-state index is 0.0126. The van der Waals surface area contributed by atoms with E-state index in [1.165, 1.54) is 18.2 Å². The van der Waals surface area contributed by atoms with Gasteiger partial charge in [0, 0.05) is 49.6 Å². The van der Waals surface area contributed by atoms with Crippen molar-refractivity contribution in [2.24, 2.45) is 0 Å². The largest absolute Gasteiger partial charge is 0.573 e. The third-order valence-electron chi connectivity index (χ3n) is 4.12. The fourth-order valence-electron chi connectivity index (χ4n) is 2.76. The SMILES string of the molecule is OCCCNc1nc(NCCc2ccccn2)cc(-c2cccc(OC(F)(F)F)c2)n1. The molecule has 164 valence electrons. The smallest absolute Gasteiger partial charge is 0.406 e. The van der Waals surface area contributed by atoms with E-state index >= 15 is 0 Å². The number of rotatable bonds is 10. The van der Waals surface area contributed by atoms with Crippen LogP contribution in [0.1, 0.15) is 12.1 Å². The van der Waals surface area contributed by atoms with Crippen LogP contribution in [-0.4, -0.2) is 46.1 Å². The molecule has 2 heterocycles. The number of aromatic nitrogens is 3. The van der Waals surface area contributed by atoms with Crippen LogP contribution in [-0.2, 0) is 6.42 Å². The highest BCUT2D eigenvalue weighted by Crippen LogP contribution is 2.28. The molecule has 0 atom stereocenters. The normalized spacial score (nSPS) is 11.2. The van der Waals surface area contributed by atoms with E-state index in [9.17, 15) is 13.2 Å². The first kappa shape index (κ1) is 22.3. The molecule has 3 aromatic rings. The Balaban J connectivity index is 1.80. The van der Waals surface area contributed by atoms with Gasteiger partial charge in [0.15, 0.2) is 0 Å². The predicted octanol–water partition coefficient (Wildman–Crippen LogP) is 3.89. The second-order valence-corrected chi connectivity index (χ2v) is 6.54. The summed E-state index contributed by atoms with van der Waals surface area (Å²) in [6.45, 7) is 1.02. The van der Waals surface area contributed by atoms with Crippen LogP contribution >= 0.6 is 0 Å². The summed E-state index contributed by atoms with van der Waals surface area (Å²) in [5.41, 5.74) is 1.79. The number of nitrogens with one attached hydrogen (secondary N) is 2. The molecular weight excluding hydrogens is 411 g/mol. The van der Waals surface area contributed by atoms with E-state index in [-0.39, 0.29) is 12.4 Å². The van der Waals surface area contributed by atoms with Crippen LogP contribution in [0.2, 0.25) is 0 Å². The van der Waals surface area contributed by atoms with E-state index in [2.05, 4.69) is 30.3 Å². The van der Waals surface area contributed by atoms with Gasteiger partial charge in [0.25, 0.3) is 0 Å². The van der Waals surface area contributed by atoms with Gasteiger partial charge in [-0.1, -0.05) is 18.2 Å². The summed E-state index contributed by atoms with van der Waals surface area (Å²) >= 11 is 0. The number of nitrogens with zero attached hydrogens (tertiary/aromatic N) is 3. The zero-order valence-electron chi connectivity index (χ0n) is 16.6. The maximum Gasteiger partial charge on any atom is 0.573 e. The Kier molecular flexibility index (Phi) is 7.60. The van der Waals surface area contributed by atoms with Crippen LogP contribution in [0, 0.1) is 0 Å². The number of hydrogen-bond acceptors (Lipinski definition) is 7. The van der Waals surface area contributed by atoms with Crippen molar-refractivity contribution in [3.63, 3.8) is 0 Å². The van der Waals surface area contributed by atoms with Gasteiger partial charge in [0.1, 0.15) is 11.6 Å². The van der Waals surface area contributed by atoms with Gasteiger partial charge in [-0.2, -0.15) is 4.98 Å². The van der Waals surface area contributed by atoms with Crippen LogP contribution in [0.15, 0.2) is 54.7 Å². The summed E-state index contributed by atoms with van der Waals surface area (Å²) < 4.78 is 41.7. The molecule has 0 aliphatic carbocycles. The Labute approximate surface area is 177 Å². The van der Waals surface area contributed by atoms with Crippen LogP contribution in [0.4, 0.5) is 24.9 Å². The Morgan fingerprint density at radius 3 is 2.58 bits per heavy atom. The molecule has 3 N–H and O–H groups in total. The highest BCUT2D eigenvalue weighted by atomic mass is 19.4. The fraction of sp³-hybridized carbons (Fsp3) is 0.286. The van der Waals surface area contributed by atoms with Crippen LogP contribution in [0.5, 0.6) is 5.75 Å². The topological polar surface area (TPSA) is 92.2 Å². The van der Waals surface area contributed by atoms with E-state index in [1.54, 1.807) is 18.3 Å². The second-order valence-electron chi connectivity index (χ2n) is 6.54. The number of ether oxygens (including phenoxy) is 1. The summed E-state index contributed by atoms with van der Waals surface area (Å²) in [5.74, 6) is 0.478. The lowest BCUT2D eigenvalue weighted by molar-refractivity contribution is -0.274. The summed E-state index contributed by atoms with van der Waals surface area (Å²) in [6, 6.07) is 12.9. The summed E-state index contributed by atoms with van der Waals surface area (Å²) in [7, 11) is 0. The van der Waals surface area contributed by atoms with Crippen molar-refractivity contribution in [2.75, 3.05) is 30.3 Å². The molecule has 0 aliphatic heterocycles. The number of alkyl halides is 3. The monoisotopic (exact) mass is 433 g/mol. The van der Waals surface area contributed by atoms with Gasteiger partial charge in [-0.15, -0.1) is 13.2 Å². The van der Waals surface area contributed by atoms with E-state index in [0.717, 1.165) is 5.69 Å². The van der Waals surface area contributed by atoms with Gasteiger partial charge >= 0.3 is 6.36 Å². The Bertz CT molecular complexity index is 971. The molecular formula is C21H22F3N5O2. The number of hydrogen-bond donors (Lipinski definition) is 3. The lowest BCUT2D eigenvalue weighted by atomic mass is 10.1. The van der Waals surface area contributed by atoms with Crippen LogP contribution in [0.3, 0.4) is 0 Å². The summed E-state index contributed by atoms with van der Waals surface area (Å²) in [6.07, 6.45) is -1.88. The van der Waals surface area contributed by atoms with Gasteiger partial charge in [-0.25, -0.2) is 4.98 Å². The molecule has 0 amide bonds. The Morgan fingerprint density at radius 1 is 0.968 bits per heavy atom. The van der Waals surface area contributed by atoms with Gasteiger partial charge < -0.3 is 20.5 Å². The standard InChI is InChI=1S/C21H22F3N5O2/c22-21(23,24)31-17-7-3-5-15(13-17)18-14-19(29-20(28-18)27-10-4-12-30)26-11-8-16-6-1-2-9-25-16/h1-3,5-7,9,13-14,30H,4,8,10-12H2,(H2,26,27,28,29). The summed E-state index contributed by atoms with van der Waals surface area (Å²) in [4.78, 5) is 13.1. The zero-order valence-corrected chi connectivity index (χ0v) is 16.6. The maximum absolute atomic E-state index is 12.6. The van der Waals surface area contributed by atoms with Crippen LogP contribution < -0.4 is 15.4 Å². The molecule has 7 nitrogen and oxygen atoms in total. The first-order chi connectivity index (χ1) is 14.9. The van der Waals surface area contributed by atoms with Crippen molar-refractivity contribution in [1.82, 2.24) is 15.0 Å². The van der Waals surface area contributed by atoms with Gasteiger partial charge in [-0.05, 0) is 30.7 Å². The third-order valence-corrected chi connectivity index (χ3v) is 4.12. The van der Waals surface area contributed by atoms with E-state index in [4.69, 9.17) is 5.11 Å². The fourth-order valence-corrected chi connectivity index (χ4v) is 2.76. The number of aliphatic hydroxyl groups is 1. The van der Waals surface area contributed by atoms with Crippen molar-refractivity contribution in [3.05, 3.63) is 60.4 Å². The third kappa shape index (κ3) is 7.41. The lowest BCUT2D eigenvalue weighted by Crippen LogP contribution is -2.17. The molecule has 0 saturated heterocycles. The second kappa shape index (κ2) is 10.6. The molecule has 1 aromatic carbocycles. The van der Waals surface area contributed by atoms with E-state index < -0.39 is 6.36 Å². The van der Waals surface area contributed by atoms with Crippen molar-refractivity contribution < 1.29 is 23.0 Å². The van der Waals surface area contributed by atoms with Crippen molar-refractivity contribution >= 4 is 11.8 Å². The lowest BCUT2D eigenvalue weighted by Gasteiger charge is -2.13. The highest BCUT2D eigenvalue weighted by molar-refractivity contribution is 5.65. The maximum atomic E-state index is 12.6. The van der Waals surface area contributed by atoms with Gasteiger partial charge in [-0.3, -0.25) is 4.98 Å². The van der Waals surface area contributed by atoms with E-state index in [1.807, 2.05) is 18.2 Å². The molecule has 0 bridgehead atoms. The van der Waals surface area contributed by atoms with Gasteiger partial charge in [0.2, 0.25) is 5.95 Å². The first-order valence-corrected chi connectivity index (χ1v) is 9.67. The Hall–Kier alpha value is -3.40.